The lowest BCUT2D eigenvalue weighted by Crippen LogP contribution is -2.13. The maximum Gasteiger partial charge on any atom is 0.262 e. The van der Waals surface area contributed by atoms with Crippen molar-refractivity contribution in [3.63, 3.8) is 0 Å². The molecule has 0 atom stereocenters. The van der Waals surface area contributed by atoms with Crippen LogP contribution in [-0.4, -0.2) is 26.8 Å². The van der Waals surface area contributed by atoms with Gasteiger partial charge in [-0.05, 0) is 48.2 Å². The lowest BCUT2D eigenvalue weighted by molar-refractivity contribution is 0.102. The van der Waals surface area contributed by atoms with Crippen LogP contribution >= 0.6 is 11.8 Å². The Labute approximate surface area is 184 Å². The number of hydrogen-bond acceptors (Lipinski definition) is 4. The maximum atomic E-state index is 13.2. The summed E-state index contributed by atoms with van der Waals surface area (Å²) in [5.41, 5.74) is 4.71. The second-order valence-corrected chi connectivity index (χ2v) is 8.14. The summed E-state index contributed by atoms with van der Waals surface area (Å²) in [6, 6.07) is 24.1. The fourth-order valence-electron chi connectivity index (χ4n) is 3.59. The number of hydrogen-bond donors (Lipinski definition) is 1. The van der Waals surface area contributed by atoms with Gasteiger partial charge in [-0.3, -0.25) is 4.79 Å². The molecule has 0 unspecified atom stereocenters. The standard InChI is InChI=1S/C25H20N4OS/c1-16-7-11-20(12-8-16)26-24(30)22-23-27-21(13-14-29(23)28-25(22)31-2)19-10-9-17-5-3-4-6-18(17)15-19/h3-15H,1-2H3,(H,26,30). The topological polar surface area (TPSA) is 59.3 Å². The Morgan fingerprint density at radius 2 is 1.74 bits per heavy atom. The van der Waals surface area contributed by atoms with Crippen molar-refractivity contribution in [2.24, 2.45) is 0 Å². The van der Waals surface area contributed by atoms with Crippen LogP contribution < -0.4 is 5.32 Å². The van der Waals surface area contributed by atoms with Crippen molar-refractivity contribution < 1.29 is 4.79 Å². The van der Waals surface area contributed by atoms with E-state index in [9.17, 15) is 4.79 Å². The molecule has 5 nitrogen and oxygen atoms in total. The van der Waals surface area contributed by atoms with E-state index in [0.29, 0.717) is 16.2 Å². The van der Waals surface area contributed by atoms with Crippen molar-refractivity contribution in [2.75, 3.05) is 11.6 Å². The number of thioether (sulfide) groups is 1. The Balaban J connectivity index is 1.58. The average molecular weight is 425 g/mol. The highest BCUT2D eigenvalue weighted by atomic mass is 32.2. The molecular formula is C25H20N4OS. The Kier molecular flexibility index (Phi) is 4.92. The number of amides is 1. The minimum absolute atomic E-state index is 0.216. The summed E-state index contributed by atoms with van der Waals surface area (Å²) < 4.78 is 1.67. The normalized spacial score (nSPS) is 11.2. The van der Waals surface area contributed by atoms with Crippen LogP contribution in [0.25, 0.3) is 27.7 Å². The van der Waals surface area contributed by atoms with Crippen molar-refractivity contribution >= 4 is 39.8 Å². The van der Waals surface area contributed by atoms with E-state index in [2.05, 4.69) is 40.7 Å². The minimum Gasteiger partial charge on any atom is -0.322 e. The van der Waals surface area contributed by atoms with Gasteiger partial charge in [-0.2, -0.15) is 5.10 Å². The van der Waals surface area contributed by atoms with Crippen LogP contribution in [0.1, 0.15) is 15.9 Å². The Hall–Kier alpha value is -3.64. The highest BCUT2D eigenvalue weighted by molar-refractivity contribution is 7.98. The van der Waals surface area contributed by atoms with Crippen LogP contribution in [0.15, 0.2) is 84.0 Å². The predicted molar refractivity (Wildman–Crippen MR) is 127 cm³/mol. The number of rotatable bonds is 4. The molecule has 1 N–H and O–H groups in total. The van der Waals surface area contributed by atoms with Gasteiger partial charge in [0.2, 0.25) is 0 Å². The van der Waals surface area contributed by atoms with E-state index in [1.807, 2.05) is 61.8 Å². The predicted octanol–water partition coefficient (Wildman–Crippen LogP) is 5.83. The quantitative estimate of drug-likeness (QED) is 0.369. The number of aryl methyl sites for hydroxylation is 1. The van der Waals surface area contributed by atoms with Crippen molar-refractivity contribution in [1.29, 1.82) is 0 Å². The summed E-state index contributed by atoms with van der Waals surface area (Å²) >= 11 is 1.43. The van der Waals surface area contributed by atoms with Crippen LogP contribution in [0.3, 0.4) is 0 Å². The van der Waals surface area contributed by atoms with Crippen LogP contribution in [-0.2, 0) is 0 Å². The van der Waals surface area contributed by atoms with Gasteiger partial charge in [-0.15, -0.1) is 11.8 Å². The largest absolute Gasteiger partial charge is 0.322 e. The highest BCUT2D eigenvalue weighted by Crippen LogP contribution is 2.27. The smallest absolute Gasteiger partial charge is 0.262 e. The highest BCUT2D eigenvalue weighted by Gasteiger charge is 2.21. The van der Waals surface area contributed by atoms with Gasteiger partial charge in [-0.1, -0.05) is 54.1 Å². The van der Waals surface area contributed by atoms with Crippen molar-refractivity contribution in [3.8, 4) is 11.3 Å². The number of benzene rings is 3. The molecule has 0 saturated carbocycles. The van der Waals surface area contributed by atoms with E-state index in [1.54, 1.807) is 4.52 Å². The third kappa shape index (κ3) is 3.66. The molecule has 0 aliphatic heterocycles. The molecule has 0 radical (unpaired) electrons. The monoisotopic (exact) mass is 424 g/mol. The van der Waals surface area contributed by atoms with Crippen LogP contribution in [0.2, 0.25) is 0 Å². The molecule has 5 aromatic rings. The zero-order valence-electron chi connectivity index (χ0n) is 17.2. The Bertz CT molecular complexity index is 1420. The molecular weight excluding hydrogens is 404 g/mol. The number of anilines is 1. The molecule has 0 aliphatic rings. The van der Waals surface area contributed by atoms with E-state index >= 15 is 0 Å². The zero-order valence-corrected chi connectivity index (χ0v) is 18.0. The second-order valence-electron chi connectivity index (χ2n) is 7.35. The summed E-state index contributed by atoms with van der Waals surface area (Å²) in [5.74, 6) is -0.216. The molecule has 2 heterocycles. The first kappa shape index (κ1) is 19.3. The molecule has 31 heavy (non-hydrogen) atoms. The van der Waals surface area contributed by atoms with Gasteiger partial charge in [-0.25, -0.2) is 9.50 Å². The van der Waals surface area contributed by atoms with Crippen molar-refractivity contribution in [3.05, 3.63) is 90.1 Å². The minimum atomic E-state index is -0.216. The number of nitrogens with one attached hydrogen (secondary N) is 1. The number of fused-ring (bicyclic) bond motifs is 2. The Morgan fingerprint density at radius 3 is 2.52 bits per heavy atom. The first-order valence-electron chi connectivity index (χ1n) is 9.93. The molecule has 5 rings (SSSR count). The average Bonchev–Trinajstić information content (AvgIpc) is 3.18. The number of aromatic nitrogens is 3. The van der Waals surface area contributed by atoms with E-state index in [-0.39, 0.29) is 5.91 Å². The van der Waals surface area contributed by atoms with Crippen LogP contribution in [0.4, 0.5) is 5.69 Å². The maximum absolute atomic E-state index is 13.2. The summed E-state index contributed by atoms with van der Waals surface area (Å²) in [6.45, 7) is 2.01. The molecule has 2 aromatic heterocycles. The van der Waals surface area contributed by atoms with Gasteiger partial charge in [0.05, 0.1) is 5.69 Å². The van der Waals surface area contributed by atoms with Crippen LogP contribution in [0.5, 0.6) is 0 Å². The number of carbonyl (C=O) groups is 1. The fourth-order valence-corrected chi connectivity index (χ4v) is 4.15. The van der Waals surface area contributed by atoms with E-state index in [1.165, 1.54) is 17.1 Å². The molecule has 0 saturated heterocycles. The van der Waals surface area contributed by atoms with Crippen molar-refractivity contribution in [1.82, 2.24) is 14.6 Å². The summed E-state index contributed by atoms with van der Waals surface area (Å²) in [4.78, 5) is 18.0. The molecule has 0 fully saturated rings. The molecule has 6 heteroatoms. The SMILES string of the molecule is CSc1nn2ccc(-c3ccc4ccccc4c3)nc2c1C(=O)Nc1ccc(C)cc1. The summed E-state index contributed by atoms with van der Waals surface area (Å²) in [5, 5.41) is 10.5. The summed E-state index contributed by atoms with van der Waals surface area (Å²) in [6.07, 6.45) is 3.77. The fraction of sp³-hybridized carbons (Fsp3) is 0.0800. The first-order chi connectivity index (χ1) is 15.1. The molecule has 1 amide bonds. The van der Waals surface area contributed by atoms with E-state index < -0.39 is 0 Å². The van der Waals surface area contributed by atoms with Gasteiger partial charge in [0.15, 0.2) is 5.65 Å². The Morgan fingerprint density at radius 1 is 0.968 bits per heavy atom. The van der Waals surface area contributed by atoms with Gasteiger partial charge in [0.25, 0.3) is 5.91 Å². The van der Waals surface area contributed by atoms with Gasteiger partial charge in [0.1, 0.15) is 10.6 Å². The van der Waals surface area contributed by atoms with Gasteiger partial charge in [0, 0.05) is 17.4 Å². The number of nitrogens with zero attached hydrogens (tertiary/aromatic N) is 3. The second kappa shape index (κ2) is 7.89. The van der Waals surface area contributed by atoms with Gasteiger partial charge < -0.3 is 5.32 Å². The van der Waals surface area contributed by atoms with E-state index in [4.69, 9.17) is 4.98 Å². The van der Waals surface area contributed by atoms with E-state index in [0.717, 1.165) is 27.9 Å². The number of carbonyl (C=O) groups excluding carboxylic acids is 1. The van der Waals surface area contributed by atoms with Gasteiger partial charge >= 0.3 is 0 Å². The molecule has 0 bridgehead atoms. The van der Waals surface area contributed by atoms with Crippen LogP contribution in [0, 0.1) is 6.92 Å². The summed E-state index contributed by atoms with van der Waals surface area (Å²) in [7, 11) is 0. The molecule has 152 valence electrons. The first-order valence-corrected chi connectivity index (χ1v) is 11.2. The molecule has 0 aliphatic carbocycles. The third-order valence-electron chi connectivity index (χ3n) is 5.23. The lowest BCUT2D eigenvalue weighted by atomic mass is 10.1. The van der Waals surface area contributed by atoms with Crippen molar-refractivity contribution in [2.45, 2.75) is 11.9 Å². The zero-order chi connectivity index (χ0) is 21.4. The molecule has 3 aromatic carbocycles. The molecule has 0 spiro atoms. The lowest BCUT2D eigenvalue weighted by Gasteiger charge is -2.07. The third-order valence-corrected chi connectivity index (χ3v) is 5.90.